The lowest BCUT2D eigenvalue weighted by molar-refractivity contribution is -0.121. The van der Waals surface area contributed by atoms with Gasteiger partial charge in [-0.15, -0.1) is 0 Å². The molecule has 0 spiro atoms. The van der Waals surface area contributed by atoms with Crippen molar-refractivity contribution in [3.05, 3.63) is 29.8 Å². The van der Waals surface area contributed by atoms with Gasteiger partial charge in [-0.05, 0) is 37.5 Å². The molecule has 4 nitrogen and oxygen atoms in total. The van der Waals surface area contributed by atoms with Crippen molar-refractivity contribution in [1.82, 2.24) is 10.6 Å². The molecule has 0 saturated carbocycles. The van der Waals surface area contributed by atoms with Gasteiger partial charge in [0.1, 0.15) is 5.75 Å². The number of carbonyl (C=O) groups excluding carboxylic acids is 1. The van der Waals surface area contributed by atoms with Crippen molar-refractivity contribution in [3.63, 3.8) is 0 Å². The Hall–Kier alpha value is -1.55. The van der Waals surface area contributed by atoms with Gasteiger partial charge >= 0.3 is 0 Å². The summed E-state index contributed by atoms with van der Waals surface area (Å²) in [6.45, 7) is 2.93. The van der Waals surface area contributed by atoms with Crippen LogP contribution in [0.25, 0.3) is 0 Å². The third-order valence-corrected chi connectivity index (χ3v) is 3.58. The van der Waals surface area contributed by atoms with Gasteiger partial charge in [0.15, 0.2) is 0 Å². The molecule has 1 fully saturated rings. The Morgan fingerprint density at radius 2 is 2.11 bits per heavy atom. The van der Waals surface area contributed by atoms with E-state index in [0.717, 1.165) is 25.1 Å². The highest BCUT2D eigenvalue weighted by atomic mass is 16.5. The van der Waals surface area contributed by atoms with Gasteiger partial charge in [0.05, 0.1) is 7.11 Å². The van der Waals surface area contributed by atoms with Crippen molar-refractivity contribution in [2.45, 2.75) is 38.3 Å². The number of hydrogen-bond acceptors (Lipinski definition) is 3. The van der Waals surface area contributed by atoms with E-state index in [1.807, 2.05) is 12.1 Å². The summed E-state index contributed by atoms with van der Waals surface area (Å²) in [7, 11) is 1.67. The molecule has 1 aromatic rings. The fourth-order valence-electron chi connectivity index (χ4n) is 2.46. The van der Waals surface area contributed by atoms with Gasteiger partial charge in [-0.2, -0.15) is 0 Å². The average Bonchev–Trinajstić information content (AvgIpc) is 2.63. The van der Waals surface area contributed by atoms with E-state index >= 15 is 0 Å². The number of methoxy groups -OCH3 is 1. The summed E-state index contributed by atoms with van der Waals surface area (Å²) < 4.78 is 5.16. The third-order valence-electron chi connectivity index (χ3n) is 3.58. The van der Waals surface area contributed by atoms with Gasteiger partial charge in [-0.3, -0.25) is 4.79 Å². The summed E-state index contributed by atoms with van der Waals surface area (Å²) in [4.78, 5) is 11.5. The summed E-state index contributed by atoms with van der Waals surface area (Å²) >= 11 is 0. The highest BCUT2D eigenvalue weighted by Gasteiger charge is 2.19. The van der Waals surface area contributed by atoms with Gasteiger partial charge < -0.3 is 15.4 Å². The molecule has 104 valence electrons. The van der Waals surface area contributed by atoms with Crippen LogP contribution in [0.5, 0.6) is 5.75 Å². The molecule has 19 heavy (non-hydrogen) atoms. The summed E-state index contributed by atoms with van der Waals surface area (Å²) in [6.07, 6.45) is 2.65. The second-order valence-electron chi connectivity index (χ2n) is 5.05. The fraction of sp³-hybridized carbons (Fsp3) is 0.533. The van der Waals surface area contributed by atoms with Crippen molar-refractivity contribution >= 4 is 5.91 Å². The van der Waals surface area contributed by atoms with E-state index in [2.05, 4.69) is 29.7 Å². The second-order valence-corrected chi connectivity index (χ2v) is 5.05. The number of nitrogens with one attached hydrogen (secondary N) is 2. The molecule has 2 N–H and O–H groups in total. The van der Waals surface area contributed by atoms with Crippen LogP contribution < -0.4 is 15.4 Å². The number of amides is 1. The van der Waals surface area contributed by atoms with Gasteiger partial charge in [-0.25, -0.2) is 0 Å². The molecule has 1 heterocycles. The Morgan fingerprint density at radius 3 is 2.79 bits per heavy atom. The smallest absolute Gasteiger partial charge is 0.221 e. The topological polar surface area (TPSA) is 50.4 Å². The summed E-state index contributed by atoms with van der Waals surface area (Å²) in [5, 5.41) is 6.45. The number of ether oxygens (including phenoxy) is 1. The lowest BCUT2D eigenvalue weighted by Crippen LogP contribution is -2.34. The summed E-state index contributed by atoms with van der Waals surface area (Å²) in [6, 6.07) is 8.56. The van der Waals surface area contributed by atoms with Crippen LogP contribution in [0.3, 0.4) is 0 Å². The lowest BCUT2D eigenvalue weighted by atomic mass is 10.0. The first kappa shape index (κ1) is 13.9. The molecular weight excluding hydrogens is 240 g/mol. The first-order valence-electron chi connectivity index (χ1n) is 6.85. The molecule has 2 atom stereocenters. The highest BCUT2D eigenvalue weighted by molar-refractivity contribution is 5.76. The summed E-state index contributed by atoms with van der Waals surface area (Å²) in [5.41, 5.74) is 1.21. The van der Waals surface area contributed by atoms with E-state index < -0.39 is 0 Å². The van der Waals surface area contributed by atoms with Gasteiger partial charge in [0.2, 0.25) is 5.91 Å². The predicted molar refractivity (Wildman–Crippen MR) is 75.2 cm³/mol. The van der Waals surface area contributed by atoms with E-state index in [4.69, 9.17) is 4.74 Å². The maximum atomic E-state index is 11.5. The number of carbonyl (C=O) groups is 1. The Balaban J connectivity index is 1.94. The third kappa shape index (κ3) is 3.96. The van der Waals surface area contributed by atoms with Gasteiger partial charge in [-0.1, -0.05) is 12.1 Å². The van der Waals surface area contributed by atoms with E-state index in [0.29, 0.717) is 6.42 Å². The Labute approximate surface area is 114 Å². The highest BCUT2D eigenvalue weighted by Crippen LogP contribution is 2.19. The monoisotopic (exact) mass is 262 g/mol. The van der Waals surface area contributed by atoms with E-state index in [9.17, 15) is 4.79 Å². The standard InChI is InChI=1S/C15H22N2O2/c1-11(12-5-7-14(19-2)8-6-12)17-13-4-3-9-16-15(18)10-13/h5-8,11,13,17H,3-4,9-10H2,1-2H3,(H,16,18)/t11-,13?/m1/s1. The van der Waals surface area contributed by atoms with E-state index in [-0.39, 0.29) is 18.0 Å². The van der Waals surface area contributed by atoms with Crippen LogP contribution in [0.2, 0.25) is 0 Å². The van der Waals surface area contributed by atoms with Crippen LogP contribution in [0, 0.1) is 0 Å². The van der Waals surface area contributed by atoms with Gasteiger partial charge in [0, 0.05) is 25.0 Å². The maximum absolute atomic E-state index is 11.5. The molecular formula is C15H22N2O2. The van der Waals surface area contributed by atoms with Crippen molar-refractivity contribution in [2.75, 3.05) is 13.7 Å². The van der Waals surface area contributed by atoms with Crippen LogP contribution in [-0.4, -0.2) is 25.6 Å². The molecule has 0 aromatic heterocycles. The number of hydrogen-bond donors (Lipinski definition) is 2. The Bertz CT molecular complexity index is 417. The first-order valence-corrected chi connectivity index (χ1v) is 6.85. The minimum absolute atomic E-state index is 0.150. The molecule has 1 amide bonds. The summed E-state index contributed by atoms with van der Waals surface area (Å²) in [5.74, 6) is 1.02. The number of benzene rings is 1. The van der Waals surface area contributed by atoms with Crippen molar-refractivity contribution in [2.24, 2.45) is 0 Å². The SMILES string of the molecule is COc1ccc([C@@H](C)NC2CCCNC(=O)C2)cc1. The zero-order chi connectivity index (χ0) is 13.7. The molecule has 1 aromatic carbocycles. The molecule has 1 unspecified atom stereocenters. The molecule has 0 radical (unpaired) electrons. The van der Waals surface area contributed by atoms with E-state index in [1.165, 1.54) is 5.56 Å². The number of rotatable bonds is 4. The van der Waals surface area contributed by atoms with Crippen molar-refractivity contribution in [1.29, 1.82) is 0 Å². The zero-order valence-electron chi connectivity index (χ0n) is 11.6. The van der Waals surface area contributed by atoms with Crippen LogP contribution in [0.4, 0.5) is 0 Å². The maximum Gasteiger partial charge on any atom is 0.221 e. The molecule has 1 aliphatic heterocycles. The Morgan fingerprint density at radius 1 is 1.37 bits per heavy atom. The van der Waals surface area contributed by atoms with Crippen molar-refractivity contribution < 1.29 is 9.53 Å². The quantitative estimate of drug-likeness (QED) is 0.872. The average molecular weight is 262 g/mol. The van der Waals surface area contributed by atoms with Crippen LogP contribution in [0.15, 0.2) is 24.3 Å². The molecule has 1 saturated heterocycles. The van der Waals surface area contributed by atoms with Gasteiger partial charge in [0.25, 0.3) is 0 Å². The molecule has 4 heteroatoms. The first-order chi connectivity index (χ1) is 9.19. The van der Waals surface area contributed by atoms with E-state index in [1.54, 1.807) is 7.11 Å². The molecule has 2 rings (SSSR count). The van der Waals surface area contributed by atoms with Crippen LogP contribution in [-0.2, 0) is 4.79 Å². The molecule has 0 aliphatic carbocycles. The molecule has 1 aliphatic rings. The lowest BCUT2D eigenvalue weighted by Gasteiger charge is -2.21. The minimum atomic E-state index is 0.150. The zero-order valence-corrected chi connectivity index (χ0v) is 11.6. The minimum Gasteiger partial charge on any atom is -0.497 e. The largest absolute Gasteiger partial charge is 0.497 e. The van der Waals surface area contributed by atoms with Crippen LogP contribution >= 0.6 is 0 Å². The predicted octanol–water partition coefficient (Wildman–Crippen LogP) is 2.01. The second kappa shape index (κ2) is 6.57. The van der Waals surface area contributed by atoms with Crippen molar-refractivity contribution in [3.8, 4) is 5.75 Å². The Kier molecular flexibility index (Phi) is 4.80. The fourth-order valence-corrected chi connectivity index (χ4v) is 2.46. The molecule has 0 bridgehead atoms. The normalized spacial score (nSPS) is 21.4. The van der Waals surface area contributed by atoms with Crippen LogP contribution in [0.1, 0.15) is 37.8 Å².